The maximum atomic E-state index is 11.8. The van der Waals surface area contributed by atoms with Crippen molar-refractivity contribution in [1.29, 1.82) is 0 Å². The Morgan fingerprint density at radius 2 is 1.88 bits per heavy atom. The Morgan fingerprint density at radius 3 is 2.50 bits per heavy atom. The maximum Gasteiger partial charge on any atom is 0.269 e. The zero-order valence-electron chi connectivity index (χ0n) is 13.7. The van der Waals surface area contributed by atoms with Gasteiger partial charge in [0.2, 0.25) is 5.91 Å². The van der Waals surface area contributed by atoms with Gasteiger partial charge in [-0.2, -0.15) is 5.10 Å². The van der Waals surface area contributed by atoms with E-state index in [9.17, 15) is 14.9 Å². The molecule has 0 aliphatic heterocycles. The summed E-state index contributed by atoms with van der Waals surface area (Å²) in [6.07, 6.45) is 3.27. The zero-order valence-corrected chi connectivity index (χ0v) is 14.4. The topological polar surface area (TPSA) is 93.8 Å². The van der Waals surface area contributed by atoms with E-state index in [1.54, 1.807) is 42.5 Å². The molecule has 7 nitrogen and oxygen atoms in total. The lowest BCUT2D eigenvalue weighted by molar-refractivity contribution is -0.384. The van der Waals surface area contributed by atoms with Crippen molar-refractivity contribution in [2.45, 2.75) is 6.42 Å². The standard InChI is InChI=1S/C18H16ClN3O4/c19-10-1-11-26-17-8-4-15(5-9-17)13-20-21-18(23)12-14-2-6-16(7-3-14)22(24)25/h1-10,13H,11-12H2,(H,21,23)/b10-1+,20-13+. The van der Waals surface area contributed by atoms with E-state index in [1.165, 1.54) is 23.9 Å². The average molecular weight is 374 g/mol. The van der Waals surface area contributed by atoms with Gasteiger partial charge >= 0.3 is 0 Å². The van der Waals surface area contributed by atoms with Crippen molar-refractivity contribution in [3.8, 4) is 5.75 Å². The van der Waals surface area contributed by atoms with Crippen molar-refractivity contribution < 1.29 is 14.5 Å². The third-order valence-electron chi connectivity index (χ3n) is 3.23. The van der Waals surface area contributed by atoms with Gasteiger partial charge in [0.15, 0.2) is 0 Å². The molecule has 0 saturated carbocycles. The van der Waals surface area contributed by atoms with Crippen LogP contribution >= 0.6 is 11.6 Å². The molecule has 1 N–H and O–H groups in total. The first-order valence-electron chi connectivity index (χ1n) is 7.62. The van der Waals surface area contributed by atoms with Gasteiger partial charge < -0.3 is 4.74 Å². The first-order chi connectivity index (χ1) is 12.6. The number of non-ortho nitro benzene ring substituents is 1. The summed E-state index contributed by atoms with van der Waals surface area (Å²) in [5, 5.41) is 14.5. The lowest BCUT2D eigenvalue weighted by Gasteiger charge is -2.03. The zero-order chi connectivity index (χ0) is 18.8. The van der Waals surface area contributed by atoms with Gasteiger partial charge in [-0.3, -0.25) is 14.9 Å². The van der Waals surface area contributed by atoms with Gasteiger partial charge in [0.25, 0.3) is 5.69 Å². The van der Waals surface area contributed by atoms with Crippen LogP contribution in [0, 0.1) is 10.1 Å². The van der Waals surface area contributed by atoms with E-state index in [0.29, 0.717) is 17.9 Å². The number of amides is 1. The smallest absolute Gasteiger partial charge is 0.269 e. The molecular weight excluding hydrogens is 358 g/mol. The number of ether oxygens (including phenoxy) is 1. The lowest BCUT2D eigenvalue weighted by Crippen LogP contribution is -2.19. The predicted molar refractivity (Wildman–Crippen MR) is 99.5 cm³/mol. The molecule has 2 rings (SSSR count). The number of hydrogen-bond donors (Lipinski definition) is 1. The van der Waals surface area contributed by atoms with E-state index in [4.69, 9.17) is 16.3 Å². The van der Waals surface area contributed by atoms with Crippen LogP contribution < -0.4 is 10.2 Å². The van der Waals surface area contributed by atoms with Crippen LogP contribution in [-0.4, -0.2) is 23.7 Å². The normalized spacial score (nSPS) is 11.0. The van der Waals surface area contributed by atoms with Crippen LogP contribution in [0.3, 0.4) is 0 Å². The van der Waals surface area contributed by atoms with Gasteiger partial charge in [0.05, 0.1) is 17.6 Å². The van der Waals surface area contributed by atoms with E-state index in [2.05, 4.69) is 10.5 Å². The average Bonchev–Trinajstić information content (AvgIpc) is 2.63. The van der Waals surface area contributed by atoms with Crippen LogP contribution in [0.2, 0.25) is 0 Å². The molecular formula is C18H16ClN3O4. The Balaban J connectivity index is 1.81. The summed E-state index contributed by atoms with van der Waals surface area (Å²) in [6, 6.07) is 13.0. The third kappa shape index (κ3) is 6.37. The van der Waals surface area contributed by atoms with E-state index >= 15 is 0 Å². The number of nitro benzene ring substituents is 1. The Labute approximate surface area is 155 Å². The highest BCUT2D eigenvalue weighted by molar-refractivity contribution is 6.25. The van der Waals surface area contributed by atoms with Gasteiger partial charge in [-0.25, -0.2) is 5.43 Å². The van der Waals surface area contributed by atoms with E-state index < -0.39 is 4.92 Å². The lowest BCUT2D eigenvalue weighted by atomic mass is 10.1. The fourth-order valence-corrected chi connectivity index (χ4v) is 2.04. The first-order valence-corrected chi connectivity index (χ1v) is 8.05. The highest BCUT2D eigenvalue weighted by Gasteiger charge is 2.06. The number of nitrogens with zero attached hydrogens (tertiary/aromatic N) is 2. The molecule has 1 amide bonds. The fraction of sp³-hybridized carbons (Fsp3) is 0.111. The molecule has 134 valence electrons. The van der Waals surface area contributed by atoms with Crippen LogP contribution in [0.15, 0.2) is 65.2 Å². The molecule has 26 heavy (non-hydrogen) atoms. The van der Waals surface area contributed by atoms with E-state index in [1.807, 2.05) is 0 Å². The second-order valence-electron chi connectivity index (χ2n) is 5.14. The van der Waals surface area contributed by atoms with Crippen molar-refractivity contribution in [2.75, 3.05) is 6.61 Å². The van der Waals surface area contributed by atoms with Crippen LogP contribution in [-0.2, 0) is 11.2 Å². The molecule has 8 heteroatoms. The summed E-state index contributed by atoms with van der Waals surface area (Å²) in [7, 11) is 0. The molecule has 2 aromatic carbocycles. The fourth-order valence-electron chi connectivity index (χ4n) is 1.97. The third-order valence-corrected chi connectivity index (χ3v) is 3.41. The monoisotopic (exact) mass is 373 g/mol. The molecule has 0 spiro atoms. The SMILES string of the molecule is O=C(Cc1ccc([N+](=O)[O-])cc1)N/N=C/c1ccc(OC/C=C/Cl)cc1. The number of benzene rings is 2. The van der Waals surface area contributed by atoms with Gasteiger partial charge in [0.1, 0.15) is 12.4 Å². The number of carbonyl (C=O) groups excluding carboxylic acids is 1. The molecule has 0 unspecified atom stereocenters. The Bertz CT molecular complexity index is 802. The van der Waals surface area contributed by atoms with Gasteiger partial charge in [-0.15, -0.1) is 0 Å². The second-order valence-corrected chi connectivity index (χ2v) is 5.39. The molecule has 0 bridgehead atoms. The number of rotatable bonds is 8. The summed E-state index contributed by atoms with van der Waals surface area (Å²) >= 11 is 5.41. The summed E-state index contributed by atoms with van der Waals surface area (Å²) < 4.78 is 5.41. The number of nitrogens with one attached hydrogen (secondary N) is 1. The minimum Gasteiger partial charge on any atom is -0.490 e. The number of hydrazone groups is 1. The maximum absolute atomic E-state index is 11.8. The minimum atomic E-state index is -0.487. The Kier molecular flexibility index (Phi) is 7.32. The van der Waals surface area contributed by atoms with Crippen LogP contribution in [0.5, 0.6) is 5.75 Å². The number of hydrogen-bond acceptors (Lipinski definition) is 5. The molecule has 0 fully saturated rings. The molecule has 0 aromatic heterocycles. The van der Waals surface area contributed by atoms with Gasteiger partial charge in [0, 0.05) is 17.7 Å². The van der Waals surface area contributed by atoms with Crippen molar-refractivity contribution >= 4 is 29.4 Å². The van der Waals surface area contributed by atoms with Crippen LogP contribution in [0.1, 0.15) is 11.1 Å². The summed E-state index contributed by atoms with van der Waals surface area (Å²) in [5.74, 6) is 0.377. The largest absolute Gasteiger partial charge is 0.490 e. The predicted octanol–water partition coefficient (Wildman–Crippen LogP) is 3.42. The summed E-state index contributed by atoms with van der Waals surface area (Å²) in [5.41, 5.74) is 5.24. The molecule has 0 heterocycles. The van der Waals surface area contributed by atoms with Crippen molar-refractivity contribution in [3.05, 3.63) is 81.4 Å². The van der Waals surface area contributed by atoms with Gasteiger partial charge in [-0.1, -0.05) is 23.7 Å². The van der Waals surface area contributed by atoms with E-state index in [-0.39, 0.29) is 18.0 Å². The summed E-state index contributed by atoms with van der Waals surface area (Å²) in [6.45, 7) is 0.385. The minimum absolute atomic E-state index is 0.0155. The Hall–Kier alpha value is -3.19. The van der Waals surface area contributed by atoms with Crippen molar-refractivity contribution in [3.63, 3.8) is 0 Å². The van der Waals surface area contributed by atoms with E-state index in [0.717, 1.165) is 5.56 Å². The molecule has 0 aliphatic rings. The second kappa shape index (κ2) is 9.95. The molecule has 2 aromatic rings. The molecule has 0 atom stereocenters. The first kappa shape index (κ1) is 19.1. The highest BCUT2D eigenvalue weighted by Crippen LogP contribution is 2.12. The quantitative estimate of drug-likeness (QED) is 0.436. The molecule has 0 saturated heterocycles. The number of halogens is 1. The highest BCUT2D eigenvalue weighted by atomic mass is 35.5. The summed E-state index contributed by atoms with van der Waals surface area (Å²) in [4.78, 5) is 21.9. The molecule has 0 aliphatic carbocycles. The van der Waals surface area contributed by atoms with Crippen LogP contribution in [0.25, 0.3) is 0 Å². The van der Waals surface area contributed by atoms with Crippen molar-refractivity contribution in [1.82, 2.24) is 5.43 Å². The number of carbonyl (C=O) groups is 1. The van der Waals surface area contributed by atoms with Crippen LogP contribution in [0.4, 0.5) is 5.69 Å². The number of nitro groups is 1. The van der Waals surface area contributed by atoms with Crippen molar-refractivity contribution in [2.24, 2.45) is 5.10 Å². The Morgan fingerprint density at radius 1 is 1.19 bits per heavy atom. The molecule has 0 radical (unpaired) electrons. The van der Waals surface area contributed by atoms with Gasteiger partial charge in [-0.05, 0) is 41.5 Å².